The maximum absolute atomic E-state index is 2.38. The fraction of sp³-hybridized carbons (Fsp3) is 1.00. The van der Waals surface area contributed by atoms with Gasteiger partial charge in [-0.05, 0) is 49.4 Å². The first-order valence-corrected chi connectivity index (χ1v) is 5.85. The second-order valence-electron chi connectivity index (χ2n) is 4.91. The standard InChI is InChI=1S/C12H22/c1-3-9-5-6-11-8-12(9)7-10(11)4-2/h9-12H,3-8H2,1-2H3. The minimum Gasteiger partial charge on any atom is -0.0651 e. The lowest BCUT2D eigenvalue weighted by atomic mass is 9.78. The number of hydrogen-bond donors (Lipinski definition) is 0. The van der Waals surface area contributed by atoms with Gasteiger partial charge in [0.1, 0.15) is 0 Å². The molecule has 0 aromatic rings. The average Bonchev–Trinajstić information content (AvgIpc) is 2.44. The molecule has 2 fully saturated rings. The molecule has 0 heteroatoms. The highest BCUT2D eigenvalue weighted by atomic mass is 14.4. The smallest absolute Gasteiger partial charge is 0.0380 e. The van der Waals surface area contributed by atoms with Gasteiger partial charge in [0.15, 0.2) is 0 Å². The third kappa shape index (κ3) is 1.30. The van der Waals surface area contributed by atoms with E-state index in [-0.39, 0.29) is 0 Å². The quantitative estimate of drug-likeness (QED) is 0.584. The Kier molecular flexibility index (Phi) is 2.43. The molecule has 12 heavy (non-hydrogen) atoms. The zero-order valence-electron chi connectivity index (χ0n) is 8.55. The molecule has 70 valence electrons. The second-order valence-corrected chi connectivity index (χ2v) is 4.91. The van der Waals surface area contributed by atoms with Gasteiger partial charge in [0.05, 0.1) is 0 Å². The van der Waals surface area contributed by atoms with E-state index in [2.05, 4.69) is 13.8 Å². The van der Waals surface area contributed by atoms with Crippen molar-refractivity contribution in [2.24, 2.45) is 23.7 Å². The van der Waals surface area contributed by atoms with E-state index in [1.54, 1.807) is 25.7 Å². The van der Waals surface area contributed by atoms with Crippen molar-refractivity contribution in [3.05, 3.63) is 0 Å². The molecule has 0 aromatic carbocycles. The Hall–Kier alpha value is 0. The van der Waals surface area contributed by atoms with Gasteiger partial charge in [0.25, 0.3) is 0 Å². The molecule has 4 unspecified atom stereocenters. The van der Waals surface area contributed by atoms with E-state index < -0.39 is 0 Å². The van der Waals surface area contributed by atoms with E-state index in [9.17, 15) is 0 Å². The molecule has 2 rings (SSSR count). The highest BCUT2D eigenvalue weighted by Gasteiger charge is 2.40. The molecule has 2 aliphatic carbocycles. The topological polar surface area (TPSA) is 0 Å². The largest absolute Gasteiger partial charge is 0.0651 e. The first kappa shape index (κ1) is 8.59. The summed E-state index contributed by atoms with van der Waals surface area (Å²) in [5.74, 6) is 4.45. The molecule has 2 saturated carbocycles. The van der Waals surface area contributed by atoms with Gasteiger partial charge in [-0.1, -0.05) is 26.7 Å². The summed E-state index contributed by atoms with van der Waals surface area (Å²) in [6.07, 6.45) is 9.12. The third-order valence-electron chi connectivity index (χ3n) is 4.50. The van der Waals surface area contributed by atoms with Crippen molar-refractivity contribution >= 4 is 0 Å². The van der Waals surface area contributed by atoms with Crippen LogP contribution in [0.15, 0.2) is 0 Å². The SMILES string of the molecule is CCC1CCC2CC1CC2CC. The van der Waals surface area contributed by atoms with E-state index in [0.717, 1.165) is 23.7 Å². The fourth-order valence-electron chi connectivity index (χ4n) is 3.70. The Morgan fingerprint density at radius 2 is 1.58 bits per heavy atom. The third-order valence-corrected chi connectivity index (χ3v) is 4.50. The Balaban J connectivity index is 2.00. The predicted molar refractivity (Wildman–Crippen MR) is 53.0 cm³/mol. The van der Waals surface area contributed by atoms with Crippen LogP contribution in [0.3, 0.4) is 0 Å². The first-order chi connectivity index (χ1) is 5.85. The molecule has 4 atom stereocenters. The summed E-state index contributed by atoms with van der Waals surface area (Å²) in [5.41, 5.74) is 0. The van der Waals surface area contributed by atoms with Crippen molar-refractivity contribution in [3.63, 3.8) is 0 Å². The second kappa shape index (κ2) is 3.40. The Bertz CT molecular complexity index is 148. The minimum absolute atomic E-state index is 1.10. The summed E-state index contributed by atoms with van der Waals surface area (Å²) < 4.78 is 0. The lowest BCUT2D eigenvalue weighted by molar-refractivity contribution is 0.234. The summed E-state index contributed by atoms with van der Waals surface area (Å²) in [6, 6.07) is 0. The van der Waals surface area contributed by atoms with E-state index in [0.29, 0.717) is 0 Å². The molecule has 0 radical (unpaired) electrons. The normalized spacial score (nSPS) is 46.5. The maximum Gasteiger partial charge on any atom is -0.0380 e. The molecule has 2 aliphatic rings. The monoisotopic (exact) mass is 166 g/mol. The van der Waals surface area contributed by atoms with Gasteiger partial charge in [-0.3, -0.25) is 0 Å². The zero-order valence-corrected chi connectivity index (χ0v) is 8.55. The summed E-state index contributed by atoms with van der Waals surface area (Å²) in [4.78, 5) is 0. The fourth-order valence-corrected chi connectivity index (χ4v) is 3.70. The summed E-state index contributed by atoms with van der Waals surface area (Å²) in [6.45, 7) is 4.76. The van der Waals surface area contributed by atoms with Crippen molar-refractivity contribution in [2.45, 2.75) is 52.4 Å². The van der Waals surface area contributed by atoms with Crippen molar-refractivity contribution in [1.29, 1.82) is 0 Å². The molecular formula is C12H22. The van der Waals surface area contributed by atoms with Crippen LogP contribution in [0.25, 0.3) is 0 Å². The molecular weight excluding hydrogens is 144 g/mol. The van der Waals surface area contributed by atoms with Gasteiger partial charge < -0.3 is 0 Å². The van der Waals surface area contributed by atoms with E-state index >= 15 is 0 Å². The van der Waals surface area contributed by atoms with Crippen molar-refractivity contribution in [3.8, 4) is 0 Å². The summed E-state index contributed by atoms with van der Waals surface area (Å²) in [5, 5.41) is 0. The summed E-state index contributed by atoms with van der Waals surface area (Å²) >= 11 is 0. The summed E-state index contributed by atoms with van der Waals surface area (Å²) in [7, 11) is 0. The number of fused-ring (bicyclic) bond motifs is 2. The van der Waals surface area contributed by atoms with E-state index in [4.69, 9.17) is 0 Å². The van der Waals surface area contributed by atoms with Gasteiger partial charge in [0, 0.05) is 0 Å². The van der Waals surface area contributed by atoms with Gasteiger partial charge in [-0.2, -0.15) is 0 Å². The molecule has 0 saturated heterocycles. The Labute approximate surface area is 76.7 Å². The predicted octanol–water partition coefficient (Wildman–Crippen LogP) is 3.86. The molecule has 0 nitrogen and oxygen atoms in total. The van der Waals surface area contributed by atoms with Crippen molar-refractivity contribution < 1.29 is 0 Å². The molecule has 2 bridgehead atoms. The van der Waals surface area contributed by atoms with E-state index in [1.807, 2.05) is 0 Å². The highest BCUT2D eigenvalue weighted by molar-refractivity contribution is 4.90. The first-order valence-electron chi connectivity index (χ1n) is 5.85. The van der Waals surface area contributed by atoms with Crippen LogP contribution in [0.1, 0.15) is 52.4 Å². The van der Waals surface area contributed by atoms with Gasteiger partial charge in [-0.25, -0.2) is 0 Å². The van der Waals surface area contributed by atoms with Crippen LogP contribution in [-0.4, -0.2) is 0 Å². The lowest BCUT2D eigenvalue weighted by Crippen LogP contribution is -2.17. The van der Waals surface area contributed by atoms with Crippen LogP contribution in [-0.2, 0) is 0 Å². The maximum atomic E-state index is 2.38. The zero-order chi connectivity index (χ0) is 8.55. The van der Waals surface area contributed by atoms with Crippen LogP contribution < -0.4 is 0 Å². The van der Waals surface area contributed by atoms with Crippen LogP contribution >= 0.6 is 0 Å². The van der Waals surface area contributed by atoms with Crippen LogP contribution in [0.4, 0.5) is 0 Å². The molecule has 0 aliphatic heterocycles. The molecule has 0 spiro atoms. The molecule has 0 amide bonds. The molecule has 0 N–H and O–H groups in total. The number of hydrogen-bond acceptors (Lipinski definition) is 0. The molecule has 0 aromatic heterocycles. The van der Waals surface area contributed by atoms with Crippen molar-refractivity contribution in [1.82, 2.24) is 0 Å². The van der Waals surface area contributed by atoms with Crippen LogP contribution in [0.5, 0.6) is 0 Å². The van der Waals surface area contributed by atoms with Gasteiger partial charge in [-0.15, -0.1) is 0 Å². The number of rotatable bonds is 2. The highest BCUT2D eigenvalue weighted by Crippen LogP contribution is 2.50. The Morgan fingerprint density at radius 3 is 2.25 bits per heavy atom. The minimum atomic E-state index is 1.10. The van der Waals surface area contributed by atoms with Gasteiger partial charge in [0.2, 0.25) is 0 Å². The van der Waals surface area contributed by atoms with E-state index in [1.165, 1.54) is 12.8 Å². The lowest BCUT2D eigenvalue weighted by Gasteiger charge is -2.27. The average molecular weight is 166 g/mol. The van der Waals surface area contributed by atoms with Crippen LogP contribution in [0.2, 0.25) is 0 Å². The van der Waals surface area contributed by atoms with Gasteiger partial charge >= 0.3 is 0 Å². The molecule has 0 heterocycles. The van der Waals surface area contributed by atoms with Crippen molar-refractivity contribution in [2.75, 3.05) is 0 Å². The van der Waals surface area contributed by atoms with Crippen LogP contribution in [0, 0.1) is 23.7 Å². The Morgan fingerprint density at radius 1 is 0.833 bits per heavy atom.